The third kappa shape index (κ3) is 4.20. The SMILES string of the molecule is C=CC[C@@H]1COC(=O)[C@H]1CCCOCc1ccccc1. The minimum Gasteiger partial charge on any atom is -0.465 e. The summed E-state index contributed by atoms with van der Waals surface area (Å²) in [5.41, 5.74) is 1.18. The molecule has 2 rings (SSSR count). The fourth-order valence-corrected chi connectivity index (χ4v) is 2.57. The van der Waals surface area contributed by atoms with Gasteiger partial charge >= 0.3 is 5.97 Å². The molecule has 0 bridgehead atoms. The van der Waals surface area contributed by atoms with Crippen molar-refractivity contribution in [2.24, 2.45) is 11.8 Å². The van der Waals surface area contributed by atoms with Gasteiger partial charge in [0.05, 0.1) is 19.1 Å². The van der Waals surface area contributed by atoms with Gasteiger partial charge in [0.25, 0.3) is 0 Å². The first-order chi connectivity index (χ1) is 9.81. The van der Waals surface area contributed by atoms with Gasteiger partial charge in [-0.15, -0.1) is 6.58 Å². The Morgan fingerprint density at radius 1 is 1.35 bits per heavy atom. The Kier molecular flexibility index (Phi) is 5.81. The van der Waals surface area contributed by atoms with Crippen LogP contribution >= 0.6 is 0 Å². The lowest BCUT2D eigenvalue weighted by atomic mass is 9.89. The summed E-state index contributed by atoms with van der Waals surface area (Å²) in [7, 11) is 0. The zero-order chi connectivity index (χ0) is 14.2. The van der Waals surface area contributed by atoms with E-state index in [0.29, 0.717) is 25.7 Å². The van der Waals surface area contributed by atoms with Crippen molar-refractivity contribution in [2.75, 3.05) is 13.2 Å². The average molecular weight is 274 g/mol. The maximum atomic E-state index is 11.6. The zero-order valence-electron chi connectivity index (χ0n) is 11.8. The second kappa shape index (κ2) is 7.85. The minimum absolute atomic E-state index is 0.0216. The van der Waals surface area contributed by atoms with E-state index in [1.54, 1.807) is 0 Å². The number of cyclic esters (lactones) is 1. The molecule has 2 atom stereocenters. The summed E-state index contributed by atoms with van der Waals surface area (Å²) in [6.45, 7) is 5.59. The lowest BCUT2D eigenvalue weighted by Crippen LogP contribution is -2.16. The van der Waals surface area contributed by atoms with Crippen molar-refractivity contribution in [2.45, 2.75) is 25.9 Å². The van der Waals surface area contributed by atoms with E-state index in [2.05, 4.69) is 18.7 Å². The number of carbonyl (C=O) groups excluding carboxylic acids is 1. The van der Waals surface area contributed by atoms with Gasteiger partial charge in [-0.25, -0.2) is 0 Å². The predicted molar refractivity (Wildman–Crippen MR) is 78.1 cm³/mol. The highest BCUT2D eigenvalue weighted by Crippen LogP contribution is 2.29. The van der Waals surface area contributed by atoms with Crippen LogP contribution in [0, 0.1) is 11.8 Å². The summed E-state index contributed by atoms with van der Waals surface area (Å²) in [5, 5.41) is 0. The van der Waals surface area contributed by atoms with Crippen molar-refractivity contribution < 1.29 is 14.3 Å². The van der Waals surface area contributed by atoms with Crippen LogP contribution in [-0.4, -0.2) is 19.2 Å². The summed E-state index contributed by atoms with van der Waals surface area (Å²) in [4.78, 5) is 11.6. The van der Waals surface area contributed by atoms with Gasteiger partial charge < -0.3 is 9.47 Å². The van der Waals surface area contributed by atoms with E-state index in [-0.39, 0.29) is 11.9 Å². The van der Waals surface area contributed by atoms with Gasteiger partial charge in [-0.1, -0.05) is 36.4 Å². The molecule has 0 radical (unpaired) electrons. The second-order valence-corrected chi connectivity index (χ2v) is 5.20. The summed E-state index contributed by atoms with van der Waals surface area (Å²) >= 11 is 0. The molecule has 1 aliphatic heterocycles. The minimum atomic E-state index is -0.0556. The average Bonchev–Trinajstić information content (AvgIpc) is 2.81. The van der Waals surface area contributed by atoms with Crippen LogP contribution in [0.15, 0.2) is 43.0 Å². The number of rotatable bonds is 8. The Balaban J connectivity index is 1.65. The van der Waals surface area contributed by atoms with E-state index < -0.39 is 0 Å². The van der Waals surface area contributed by atoms with E-state index in [9.17, 15) is 4.79 Å². The summed E-state index contributed by atoms with van der Waals surface area (Å²) in [5.74, 6) is 0.266. The maximum Gasteiger partial charge on any atom is 0.309 e. The number of ether oxygens (including phenoxy) is 2. The van der Waals surface area contributed by atoms with Crippen molar-refractivity contribution in [1.29, 1.82) is 0 Å². The summed E-state index contributed by atoms with van der Waals surface area (Å²) < 4.78 is 10.8. The van der Waals surface area contributed by atoms with Crippen LogP contribution in [0.25, 0.3) is 0 Å². The van der Waals surface area contributed by atoms with E-state index in [1.165, 1.54) is 5.56 Å². The first-order valence-corrected chi connectivity index (χ1v) is 7.20. The predicted octanol–water partition coefficient (Wildman–Crippen LogP) is 3.35. The quantitative estimate of drug-likeness (QED) is 0.414. The molecule has 1 fully saturated rings. The first kappa shape index (κ1) is 14.8. The molecule has 3 nitrogen and oxygen atoms in total. The number of benzene rings is 1. The lowest BCUT2D eigenvalue weighted by molar-refractivity contribution is -0.141. The molecule has 0 N–H and O–H groups in total. The molecule has 0 aromatic heterocycles. The monoisotopic (exact) mass is 274 g/mol. The molecule has 0 amide bonds. The first-order valence-electron chi connectivity index (χ1n) is 7.20. The third-order valence-corrected chi connectivity index (χ3v) is 3.70. The molecular weight excluding hydrogens is 252 g/mol. The summed E-state index contributed by atoms with van der Waals surface area (Å²) in [6, 6.07) is 10.1. The molecule has 1 aromatic carbocycles. The Bertz CT molecular complexity index is 427. The van der Waals surface area contributed by atoms with Gasteiger partial charge in [0.15, 0.2) is 0 Å². The van der Waals surface area contributed by atoms with Crippen LogP contribution in [0.1, 0.15) is 24.8 Å². The summed E-state index contributed by atoms with van der Waals surface area (Å²) in [6.07, 6.45) is 4.44. The van der Waals surface area contributed by atoms with Crippen molar-refractivity contribution in [1.82, 2.24) is 0 Å². The smallest absolute Gasteiger partial charge is 0.309 e. The number of hydrogen-bond donors (Lipinski definition) is 0. The molecule has 1 saturated heterocycles. The Morgan fingerprint density at radius 3 is 2.90 bits per heavy atom. The van der Waals surface area contributed by atoms with Gasteiger partial charge in [0.2, 0.25) is 0 Å². The number of carbonyl (C=O) groups is 1. The molecule has 0 aliphatic carbocycles. The van der Waals surface area contributed by atoms with Gasteiger partial charge in [0, 0.05) is 12.5 Å². The van der Waals surface area contributed by atoms with Crippen molar-refractivity contribution in [3.63, 3.8) is 0 Å². The lowest BCUT2D eigenvalue weighted by Gasteiger charge is -2.13. The van der Waals surface area contributed by atoms with Gasteiger partial charge in [-0.2, -0.15) is 0 Å². The van der Waals surface area contributed by atoms with Crippen molar-refractivity contribution in [3.05, 3.63) is 48.6 Å². The molecule has 108 valence electrons. The standard InChI is InChI=1S/C17H22O3/c1-2-7-15-13-20-17(18)16(15)10-6-11-19-12-14-8-4-3-5-9-14/h2-5,8-9,15-16H,1,6-7,10-13H2/t15-,16+/m1/s1. The molecule has 0 spiro atoms. The maximum absolute atomic E-state index is 11.6. The highest BCUT2D eigenvalue weighted by Gasteiger charge is 2.35. The van der Waals surface area contributed by atoms with Gasteiger partial charge in [-0.3, -0.25) is 4.79 Å². The van der Waals surface area contributed by atoms with Gasteiger partial charge in [0.1, 0.15) is 0 Å². The number of hydrogen-bond acceptors (Lipinski definition) is 3. The number of allylic oxidation sites excluding steroid dienone is 1. The molecule has 0 saturated carbocycles. The fraction of sp³-hybridized carbons (Fsp3) is 0.471. The normalized spacial score (nSPS) is 21.7. The van der Waals surface area contributed by atoms with Crippen molar-refractivity contribution >= 4 is 5.97 Å². The largest absolute Gasteiger partial charge is 0.465 e. The van der Waals surface area contributed by atoms with E-state index in [4.69, 9.17) is 9.47 Å². The number of esters is 1. The third-order valence-electron chi connectivity index (χ3n) is 3.70. The Hall–Kier alpha value is -1.61. The second-order valence-electron chi connectivity index (χ2n) is 5.20. The molecule has 3 heteroatoms. The van der Waals surface area contributed by atoms with Crippen LogP contribution in [0.3, 0.4) is 0 Å². The van der Waals surface area contributed by atoms with E-state index >= 15 is 0 Å². The van der Waals surface area contributed by atoms with Crippen LogP contribution in [-0.2, 0) is 20.9 Å². The van der Waals surface area contributed by atoms with Crippen molar-refractivity contribution in [3.8, 4) is 0 Å². The van der Waals surface area contributed by atoms with Gasteiger partial charge in [-0.05, 0) is 24.8 Å². The topological polar surface area (TPSA) is 35.5 Å². The molecule has 1 aromatic rings. The molecule has 20 heavy (non-hydrogen) atoms. The van der Waals surface area contributed by atoms with Crippen LogP contribution in [0.2, 0.25) is 0 Å². The highest BCUT2D eigenvalue weighted by atomic mass is 16.5. The zero-order valence-corrected chi connectivity index (χ0v) is 11.8. The Labute approximate surface area is 120 Å². The van der Waals surface area contributed by atoms with Crippen LogP contribution in [0.5, 0.6) is 0 Å². The van der Waals surface area contributed by atoms with E-state index in [1.807, 2.05) is 24.3 Å². The molecule has 0 unspecified atom stereocenters. The molecule has 1 heterocycles. The highest BCUT2D eigenvalue weighted by molar-refractivity contribution is 5.74. The van der Waals surface area contributed by atoms with E-state index in [0.717, 1.165) is 19.3 Å². The van der Waals surface area contributed by atoms with Crippen LogP contribution < -0.4 is 0 Å². The Morgan fingerprint density at radius 2 is 2.15 bits per heavy atom. The fourth-order valence-electron chi connectivity index (χ4n) is 2.57. The van der Waals surface area contributed by atoms with Crippen LogP contribution in [0.4, 0.5) is 0 Å². The molecule has 1 aliphatic rings. The molecular formula is C17H22O3.